The summed E-state index contributed by atoms with van der Waals surface area (Å²) < 4.78 is 1.89. The molecular formula is C27H45N7O. The summed E-state index contributed by atoms with van der Waals surface area (Å²) in [7, 11) is 3.78. The Kier molecular flexibility index (Phi) is 15.9. The smallest absolute Gasteiger partial charge is 0.168 e. The maximum Gasteiger partial charge on any atom is 0.168 e. The highest BCUT2D eigenvalue weighted by Gasteiger charge is 2.28. The SMILES string of the molecule is C=C/C=C\CCC(=O)CN(CCNC)C(CC(=C)NC)c1nnnn1CCC(/C=C\C=C/C)CC. The molecule has 0 saturated heterocycles. The van der Waals surface area contributed by atoms with Crippen LogP contribution in [0.2, 0.25) is 0 Å². The molecule has 35 heavy (non-hydrogen) atoms. The zero-order valence-electron chi connectivity index (χ0n) is 22.1. The molecule has 1 rings (SSSR count). The molecule has 0 amide bonds. The second-order valence-corrected chi connectivity index (χ2v) is 8.52. The number of carbonyl (C=O) groups is 1. The predicted molar refractivity (Wildman–Crippen MR) is 145 cm³/mol. The third kappa shape index (κ3) is 11.9. The van der Waals surface area contributed by atoms with Crippen molar-refractivity contribution in [2.75, 3.05) is 33.7 Å². The zero-order chi connectivity index (χ0) is 25.9. The average Bonchev–Trinajstić information content (AvgIpc) is 3.33. The number of Topliss-reactive ketones (excluding diaryl/α,β-unsaturated/α-hetero) is 1. The van der Waals surface area contributed by atoms with E-state index in [0.29, 0.717) is 44.8 Å². The highest BCUT2D eigenvalue weighted by molar-refractivity contribution is 5.80. The number of likely N-dealkylation sites (N-methyl/N-ethyl adjacent to an activating group) is 1. The number of nitrogens with one attached hydrogen (secondary N) is 2. The van der Waals surface area contributed by atoms with Crippen molar-refractivity contribution in [3.63, 3.8) is 0 Å². The molecule has 0 aliphatic carbocycles. The number of hydrogen-bond acceptors (Lipinski definition) is 7. The van der Waals surface area contributed by atoms with Crippen LogP contribution in [0.4, 0.5) is 0 Å². The Morgan fingerprint density at radius 2 is 2.06 bits per heavy atom. The lowest BCUT2D eigenvalue weighted by molar-refractivity contribution is -0.120. The number of allylic oxidation sites excluding steroid dienone is 7. The van der Waals surface area contributed by atoms with Gasteiger partial charge in [-0.15, -0.1) is 5.10 Å². The summed E-state index contributed by atoms with van der Waals surface area (Å²) in [4.78, 5) is 15.0. The third-order valence-electron chi connectivity index (χ3n) is 5.91. The first-order valence-electron chi connectivity index (χ1n) is 12.6. The van der Waals surface area contributed by atoms with Gasteiger partial charge in [0.2, 0.25) is 0 Å². The van der Waals surface area contributed by atoms with Gasteiger partial charge in [-0.05, 0) is 49.6 Å². The molecule has 0 aliphatic heterocycles. The van der Waals surface area contributed by atoms with Crippen molar-refractivity contribution in [3.05, 3.63) is 67.2 Å². The van der Waals surface area contributed by atoms with Crippen molar-refractivity contribution in [2.45, 2.75) is 58.5 Å². The summed E-state index contributed by atoms with van der Waals surface area (Å²) in [6, 6.07) is -0.162. The van der Waals surface area contributed by atoms with E-state index in [1.807, 2.05) is 50.0 Å². The molecule has 0 bridgehead atoms. The lowest BCUT2D eigenvalue weighted by atomic mass is 10.0. The third-order valence-corrected chi connectivity index (χ3v) is 5.91. The van der Waals surface area contributed by atoms with Gasteiger partial charge >= 0.3 is 0 Å². The van der Waals surface area contributed by atoms with Gasteiger partial charge in [-0.1, -0.05) is 62.6 Å². The van der Waals surface area contributed by atoms with Gasteiger partial charge < -0.3 is 10.6 Å². The first kappa shape index (κ1) is 30.2. The van der Waals surface area contributed by atoms with Gasteiger partial charge in [-0.25, -0.2) is 4.68 Å². The molecule has 0 spiro atoms. The normalized spacial score (nSPS) is 13.7. The van der Waals surface area contributed by atoms with Crippen molar-refractivity contribution in [3.8, 4) is 0 Å². The first-order valence-corrected chi connectivity index (χ1v) is 12.6. The maximum atomic E-state index is 12.8. The predicted octanol–water partition coefficient (Wildman–Crippen LogP) is 4.00. The second-order valence-electron chi connectivity index (χ2n) is 8.52. The van der Waals surface area contributed by atoms with E-state index in [2.05, 4.69) is 63.3 Å². The van der Waals surface area contributed by atoms with E-state index in [-0.39, 0.29) is 11.8 Å². The minimum absolute atomic E-state index is 0.162. The molecule has 2 N–H and O–H groups in total. The van der Waals surface area contributed by atoms with Crippen LogP contribution in [0.3, 0.4) is 0 Å². The number of aromatic nitrogens is 4. The number of ketones is 1. The number of aryl methyl sites for hydroxylation is 1. The van der Waals surface area contributed by atoms with E-state index in [1.54, 1.807) is 6.08 Å². The van der Waals surface area contributed by atoms with Crippen LogP contribution in [0.5, 0.6) is 0 Å². The standard InChI is InChI=1S/C27H45N7O/c1-7-10-12-14-16-25(35)22-33(20-18-28-5)26(21-23(4)29-6)27-30-31-32-34(27)19-17-24(9-3)15-13-11-8-2/h7-8,10-13,15,24,26,28-29H,1,4,9,14,16-22H2,2-3,5-6H3/b11-8-,12-10-,15-13-. The monoisotopic (exact) mass is 483 g/mol. The Hall–Kier alpha value is -2.84. The van der Waals surface area contributed by atoms with Crippen LogP contribution in [0.25, 0.3) is 0 Å². The van der Waals surface area contributed by atoms with Gasteiger partial charge in [-0.2, -0.15) is 0 Å². The maximum absolute atomic E-state index is 12.8. The van der Waals surface area contributed by atoms with Gasteiger partial charge in [-0.3, -0.25) is 9.69 Å². The van der Waals surface area contributed by atoms with E-state index in [0.717, 1.165) is 30.9 Å². The van der Waals surface area contributed by atoms with Gasteiger partial charge in [0.05, 0.1) is 12.6 Å². The fourth-order valence-corrected chi connectivity index (χ4v) is 3.73. The average molecular weight is 484 g/mol. The Morgan fingerprint density at radius 3 is 2.71 bits per heavy atom. The Labute approximate surface area is 211 Å². The van der Waals surface area contributed by atoms with Crippen molar-refractivity contribution in [1.29, 1.82) is 0 Å². The molecule has 194 valence electrons. The summed E-state index contributed by atoms with van der Waals surface area (Å²) in [5, 5.41) is 19.1. The molecule has 0 fully saturated rings. The molecule has 1 aromatic rings. The van der Waals surface area contributed by atoms with Gasteiger partial charge in [0.15, 0.2) is 5.82 Å². The quantitative estimate of drug-likeness (QED) is 0.271. The van der Waals surface area contributed by atoms with Gasteiger partial charge in [0.25, 0.3) is 0 Å². The second kappa shape index (κ2) is 18.5. The van der Waals surface area contributed by atoms with E-state index in [4.69, 9.17) is 0 Å². The van der Waals surface area contributed by atoms with E-state index >= 15 is 0 Å². The Bertz CT molecular complexity index is 840. The molecule has 0 radical (unpaired) electrons. The minimum Gasteiger partial charge on any atom is -0.392 e. The minimum atomic E-state index is -0.162. The van der Waals surface area contributed by atoms with Gasteiger partial charge in [0.1, 0.15) is 5.78 Å². The topological polar surface area (TPSA) is 88.0 Å². The highest BCUT2D eigenvalue weighted by Crippen LogP contribution is 2.25. The molecule has 8 heteroatoms. The fourth-order valence-electron chi connectivity index (χ4n) is 3.73. The Balaban J connectivity index is 3.11. The van der Waals surface area contributed by atoms with E-state index in [9.17, 15) is 4.79 Å². The first-order chi connectivity index (χ1) is 17.0. The van der Waals surface area contributed by atoms with Crippen molar-refractivity contribution < 1.29 is 4.79 Å². The van der Waals surface area contributed by atoms with Crippen molar-refractivity contribution in [2.24, 2.45) is 5.92 Å². The molecule has 1 heterocycles. The van der Waals surface area contributed by atoms with Crippen molar-refractivity contribution in [1.82, 2.24) is 35.7 Å². The molecular weight excluding hydrogens is 438 g/mol. The highest BCUT2D eigenvalue weighted by atomic mass is 16.1. The number of carbonyl (C=O) groups excluding carboxylic acids is 1. The number of tetrazole rings is 1. The molecule has 2 unspecified atom stereocenters. The molecule has 0 aromatic carbocycles. The summed E-state index contributed by atoms with van der Waals surface area (Å²) in [6.07, 6.45) is 17.8. The Morgan fingerprint density at radius 1 is 1.26 bits per heavy atom. The fraction of sp³-hybridized carbons (Fsp3) is 0.556. The molecule has 0 aliphatic rings. The van der Waals surface area contributed by atoms with Crippen molar-refractivity contribution >= 4 is 5.78 Å². The van der Waals surface area contributed by atoms with E-state index < -0.39 is 0 Å². The van der Waals surface area contributed by atoms with Crippen LogP contribution in [-0.2, 0) is 11.3 Å². The van der Waals surface area contributed by atoms with Crippen LogP contribution in [0.15, 0.2) is 61.4 Å². The summed E-state index contributed by atoms with van der Waals surface area (Å²) in [6.45, 7) is 14.5. The lowest BCUT2D eigenvalue weighted by Crippen LogP contribution is -2.40. The molecule has 0 saturated carbocycles. The molecule has 8 nitrogen and oxygen atoms in total. The van der Waals surface area contributed by atoms with E-state index in [1.165, 1.54) is 0 Å². The largest absolute Gasteiger partial charge is 0.392 e. The zero-order valence-corrected chi connectivity index (χ0v) is 22.1. The summed E-state index contributed by atoms with van der Waals surface area (Å²) in [5.41, 5.74) is 0.876. The van der Waals surface area contributed by atoms with Crippen LogP contribution in [0, 0.1) is 5.92 Å². The lowest BCUT2D eigenvalue weighted by Gasteiger charge is -2.31. The summed E-state index contributed by atoms with van der Waals surface area (Å²) >= 11 is 0. The van der Waals surface area contributed by atoms with Crippen LogP contribution in [-0.4, -0.2) is 64.6 Å². The molecule has 2 atom stereocenters. The van der Waals surface area contributed by atoms with Crippen LogP contribution in [0.1, 0.15) is 57.8 Å². The molecule has 1 aromatic heterocycles. The number of nitrogens with zero attached hydrogens (tertiary/aromatic N) is 5. The number of hydrogen-bond donors (Lipinski definition) is 2. The van der Waals surface area contributed by atoms with Crippen LogP contribution >= 0.6 is 0 Å². The summed E-state index contributed by atoms with van der Waals surface area (Å²) in [5.74, 6) is 1.40. The van der Waals surface area contributed by atoms with Crippen LogP contribution < -0.4 is 10.6 Å². The van der Waals surface area contributed by atoms with Gasteiger partial charge in [0, 0.05) is 45.2 Å². The number of rotatable bonds is 20.